The number of hydrogen-bond acceptors (Lipinski definition) is 4. The molecule has 0 unspecified atom stereocenters. The van der Waals surface area contributed by atoms with Crippen molar-refractivity contribution < 1.29 is 4.79 Å². The highest BCUT2D eigenvalue weighted by Gasteiger charge is 2.35. The highest BCUT2D eigenvalue weighted by Crippen LogP contribution is 2.35. The van der Waals surface area contributed by atoms with E-state index in [9.17, 15) is 4.79 Å². The van der Waals surface area contributed by atoms with E-state index in [4.69, 9.17) is 10.1 Å². The number of rotatable bonds is 3. The molecule has 3 aromatic heterocycles. The molecule has 1 aliphatic carbocycles. The van der Waals surface area contributed by atoms with Crippen molar-refractivity contribution in [3.05, 3.63) is 70.8 Å². The van der Waals surface area contributed by atoms with E-state index in [1.807, 2.05) is 46.8 Å². The Morgan fingerprint density at radius 2 is 1.97 bits per heavy atom. The van der Waals surface area contributed by atoms with Crippen molar-refractivity contribution in [2.75, 3.05) is 6.54 Å². The summed E-state index contributed by atoms with van der Waals surface area (Å²) in [7, 11) is 0. The van der Waals surface area contributed by atoms with Gasteiger partial charge in [0.15, 0.2) is 11.3 Å². The van der Waals surface area contributed by atoms with E-state index in [0.717, 1.165) is 78.0 Å². The summed E-state index contributed by atoms with van der Waals surface area (Å²) in [6.07, 6.45) is 4.90. The third kappa shape index (κ3) is 2.87. The number of carbonyl (C=O) groups excluding carboxylic acids is 1. The second-order valence-corrected chi connectivity index (χ2v) is 8.48. The van der Waals surface area contributed by atoms with Crippen LogP contribution in [0.15, 0.2) is 42.5 Å². The molecule has 0 radical (unpaired) electrons. The zero-order valence-electron chi connectivity index (χ0n) is 17.5. The molecule has 1 atom stereocenters. The number of H-pyrrole nitrogens is 1. The average molecular weight is 412 g/mol. The fourth-order valence-corrected chi connectivity index (χ4v) is 5.04. The third-order valence-corrected chi connectivity index (χ3v) is 6.60. The number of nitrogens with zero attached hydrogens (tertiary/aromatic N) is 5. The number of para-hydroxylation sites is 1. The predicted octanol–water partition coefficient (Wildman–Crippen LogP) is 3.92. The van der Waals surface area contributed by atoms with E-state index >= 15 is 0 Å². The Labute approximate surface area is 180 Å². The molecule has 31 heavy (non-hydrogen) atoms. The molecule has 0 bridgehead atoms. The molecule has 1 fully saturated rings. The number of pyridine rings is 1. The number of aryl methyl sites for hydroxylation is 2. The van der Waals surface area contributed by atoms with Gasteiger partial charge in [0.1, 0.15) is 0 Å². The first kappa shape index (κ1) is 18.3. The van der Waals surface area contributed by atoms with Crippen LogP contribution < -0.4 is 0 Å². The van der Waals surface area contributed by atoms with E-state index < -0.39 is 0 Å². The lowest BCUT2D eigenvalue weighted by atomic mass is 10.1. The van der Waals surface area contributed by atoms with Gasteiger partial charge in [0.05, 0.1) is 23.1 Å². The molecule has 0 spiro atoms. The van der Waals surface area contributed by atoms with Gasteiger partial charge >= 0.3 is 0 Å². The molecule has 6 rings (SSSR count). The number of benzene rings is 1. The largest absolute Gasteiger partial charge is 0.329 e. The van der Waals surface area contributed by atoms with Crippen LogP contribution in [0.2, 0.25) is 0 Å². The zero-order chi connectivity index (χ0) is 20.9. The van der Waals surface area contributed by atoms with Gasteiger partial charge in [0.2, 0.25) is 0 Å². The molecule has 1 amide bonds. The van der Waals surface area contributed by atoms with Gasteiger partial charge in [-0.2, -0.15) is 10.2 Å². The maximum absolute atomic E-state index is 13.4. The van der Waals surface area contributed by atoms with Crippen LogP contribution in [-0.2, 0) is 12.8 Å². The van der Waals surface area contributed by atoms with Gasteiger partial charge in [-0.1, -0.05) is 18.2 Å². The van der Waals surface area contributed by atoms with Gasteiger partial charge in [-0.05, 0) is 63.3 Å². The van der Waals surface area contributed by atoms with Crippen molar-refractivity contribution in [1.29, 1.82) is 0 Å². The van der Waals surface area contributed by atoms with Gasteiger partial charge in [-0.25, -0.2) is 9.67 Å². The van der Waals surface area contributed by atoms with E-state index in [1.54, 1.807) is 0 Å². The molecule has 156 valence electrons. The molecule has 4 aromatic rings. The van der Waals surface area contributed by atoms with Crippen LogP contribution in [0.5, 0.6) is 0 Å². The van der Waals surface area contributed by atoms with Crippen LogP contribution in [0.25, 0.3) is 16.7 Å². The van der Waals surface area contributed by atoms with Gasteiger partial charge < -0.3 is 4.90 Å². The molecule has 7 nitrogen and oxygen atoms in total. The molecule has 4 heterocycles. The highest BCUT2D eigenvalue weighted by atomic mass is 16.2. The standard InChI is InChI=1S/C24H24N6O/c1-15-17-12-13-20(25-23(17)30(28-15)16-7-3-2-4-8-16)21-11-6-14-29(21)24(31)22-18-9-5-10-19(18)26-27-22/h2-4,7-8,12-13,21H,5-6,9-11,14H2,1H3,(H,26,27)/t21-/m1/s1. The lowest BCUT2D eigenvalue weighted by molar-refractivity contribution is 0.0726. The predicted molar refractivity (Wildman–Crippen MR) is 117 cm³/mol. The Morgan fingerprint density at radius 3 is 2.84 bits per heavy atom. The number of hydrogen-bond donors (Lipinski definition) is 1. The number of aromatic amines is 1. The first-order valence-corrected chi connectivity index (χ1v) is 11.0. The summed E-state index contributed by atoms with van der Waals surface area (Å²) in [5.41, 5.74) is 6.52. The summed E-state index contributed by atoms with van der Waals surface area (Å²) in [6.45, 7) is 2.74. The van der Waals surface area contributed by atoms with Crippen LogP contribution in [0, 0.1) is 6.92 Å². The molecular formula is C24H24N6O. The van der Waals surface area contributed by atoms with Crippen LogP contribution in [0.1, 0.15) is 58.4 Å². The smallest absolute Gasteiger partial charge is 0.275 e. The van der Waals surface area contributed by atoms with E-state index in [-0.39, 0.29) is 11.9 Å². The van der Waals surface area contributed by atoms with E-state index in [1.165, 1.54) is 0 Å². The minimum Gasteiger partial charge on any atom is -0.329 e. The summed E-state index contributed by atoms with van der Waals surface area (Å²) in [5.74, 6) is 0.0246. The molecule has 2 aliphatic rings. The summed E-state index contributed by atoms with van der Waals surface area (Å²) in [5, 5.41) is 13.2. The molecule has 7 heteroatoms. The number of carbonyl (C=O) groups is 1. The second-order valence-electron chi connectivity index (χ2n) is 8.48. The van der Waals surface area contributed by atoms with Gasteiger partial charge in [-0.15, -0.1) is 0 Å². The Hall–Kier alpha value is -3.48. The molecule has 1 aromatic carbocycles. The van der Waals surface area contributed by atoms with Gasteiger partial charge in [-0.3, -0.25) is 9.89 Å². The van der Waals surface area contributed by atoms with Crippen LogP contribution >= 0.6 is 0 Å². The van der Waals surface area contributed by atoms with Gasteiger partial charge in [0, 0.05) is 23.2 Å². The third-order valence-electron chi connectivity index (χ3n) is 6.60. The summed E-state index contributed by atoms with van der Waals surface area (Å²) >= 11 is 0. The van der Waals surface area contributed by atoms with Crippen LogP contribution in [-0.4, -0.2) is 42.3 Å². The lowest BCUT2D eigenvalue weighted by Crippen LogP contribution is -2.32. The van der Waals surface area contributed by atoms with Crippen LogP contribution in [0.4, 0.5) is 0 Å². The maximum Gasteiger partial charge on any atom is 0.275 e. The highest BCUT2D eigenvalue weighted by molar-refractivity contribution is 5.94. The normalized spacial score (nSPS) is 18.1. The number of likely N-dealkylation sites (tertiary alicyclic amines) is 1. The fraction of sp³-hybridized carbons (Fsp3) is 0.333. The molecular weight excluding hydrogens is 388 g/mol. The van der Waals surface area contributed by atoms with Crippen molar-refractivity contribution in [3.63, 3.8) is 0 Å². The summed E-state index contributed by atoms with van der Waals surface area (Å²) in [6, 6.07) is 14.2. The number of nitrogens with one attached hydrogen (secondary N) is 1. The molecule has 1 N–H and O–H groups in total. The van der Waals surface area contributed by atoms with Crippen molar-refractivity contribution in [2.45, 2.75) is 45.1 Å². The topological polar surface area (TPSA) is 79.7 Å². The fourth-order valence-electron chi connectivity index (χ4n) is 5.04. The minimum absolute atomic E-state index is 0.0246. The zero-order valence-corrected chi connectivity index (χ0v) is 17.5. The van der Waals surface area contributed by atoms with E-state index in [2.05, 4.69) is 22.3 Å². The molecule has 1 saturated heterocycles. The first-order chi connectivity index (χ1) is 15.2. The summed E-state index contributed by atoms with van der Waals surface area (Å²) < 4.78 is 1.90. The Balaban J connectivity index is 1.39. The van der Waals surface area contributed by atoms with Crippen LogP contribution in [0.3, 0.4) is 0 Å². The lowest BCUT2D eigenvalue weighted by Gasteiger charge is -2.24. The number of fused-ring (bicyclic) bond motifs is 2. The SMILES string of the molecule is Cc1nn(-c2ccccc2)c2nc([C@H]3CCCN3C(=O)c3n[nH]c4c3CCC4)ccc12. The number of amides is 1. The monoisotopic (exact) mass is 412 g/mol. The summed E-state index contributed by atoms with van der Waals surface area (Å²) in [4.78, 5) is 20.4. The average Bonchev–Trinajstić information content (AvgIpc) is 3.57. The van der Waals surface area contributed by atoms with Crippen molar-refractivity contribution in [1.82, 2.24) is 29.9 Å². The quantitative estimate of drug-likeness (QED) is 0.553. The van der Waals surface area contributed by atoms with E-state index in [0.29, 0.717) is 5.69 Å². The first-order valence-electron chi connectivity index (χ1n) is 11.0. The maximum atomic E-state index is 13.4. The van der Waals surface area contributed by atoms with Crippen molar-refractivity contribution >= 4 is 16.9 Å². The van der Waals surface area contributed by atoms with Gasteiger partial charge in [0.25, 0.3) is 5.91 Å². The van der Waals surface area contributed by atoms with Crippen molar-refractivity contribution in [3.8, 4) is 5.69 Å². The second kappa shape index (κ2) is 7.04. The Morgan fingerprint density at radius 1 is 1.10 bits per heavy atom. The number of aromatic nitrogens is 5. The Bertz CT molecular complexity index is 1290. The molecule has 1 aliphatic heterocycles. The van der Waals surface area contributed by atoms with Crippen molar-refractivity contribution in [2.24, 2.45) is 0 Å². The Kier molecular flexibility index (Phi) is 4.16. The minimum atomic E-state index is -0.0370. The molecule has 0 saturated carbocycles.